The Morgan fingerprint density at radius 2 is 1.90 bits per heavy atom. The standard InChI is InChI=1S/C16H15NO4/c1-20-11-6-4-3-5-9(11)12-10-7-8-17-14(10)15(18)13(12)16(19)21-2/h3-8,12-13,17H,1-2H3/t12-,13+/m1/s1. The van der Waals surface area contributed by atoms with Gasteiger partial charge in [0.2, 0.25) is 0 Å². The fraction of sp³-hybridized carbons (Fsp3) is 0.250. The summed E-state index contributed by atoms with van der Waals surface area (Å²) in [5, 5.41) is 0. The summed E-state index contributed by atoms with van der Waals surface area (Å²) < 4.78 is 10.2. The molecule has 0 unspecified atom stereocenters. The van der Waals surface area contributed by atoms with Gasteiger partial charge in [-0.2, -0.15) is 0 Å². The highest BCUT2D eigenvalue weighted by molar-refractivity contribution is 6.12. The third-order valence-electron chi connectivity index (χ3n) is 3.91. The number of aromatic amines is 1. The lowest BCUT2D eigenvalue weighted by Crippen LogP contribution is -2.26. The second kappa shape index (κ2) is 5.09. The van der Waals surface area contributed by atoms with Crippen molar-refractivity contribution in [1.82, 2.24) is 4.98 Å². The van der Waals surface area contributed by atoms with Gasteiger partial charge in [0, 0.05) is 17.7 Å². The number of H-pyrrole nitrogens is 1. The van der Waals surface area contributed by atoms with Crippen molar-refractivity contribution in [2.75, 3.05) is 14.2 Å². The van der Waals surface area contributed by atoms with Crippen LogP contribution in [0.1, 0.15) is 27.5 Å². The molecule has 5 nitrogen and oxygen atoms in total. The Bertz CT molecular complexity index is 704. The van der Waals surface area contributed by atoms with E-state index in [1.54, 1.807) is 13.3 Å². The highest BCUT2D eigenvalue weighted by Crippen LogP contribution is 2.45. The first-order chi connectivity index (χ1) is 10.2. The van der Waals surface area contributed by atoms with Crippen molar-refractivity contribution in [1.29, 1.82) is 0 Å². The molecular weight excluding hydrogens is 270 g/mol. The Morgan fingerprint density at radius 3 is 2.62 bits per heavy atom. The molecule has 2 aromatic rings. The number of carbonyl (C=O) groups is 2. The molecule has 1 N–H and O–H groups in total. The van der Waals surface area contributed by atoms with E-state index in [2.05, 4.69) is 4.98 Å². The van der Waals surface area contributed by atoms with Gasteiger partial charge in [-0.3, -0.25) is 9.59 Å². The van der Waals surface area contributed by atoms with Crippen LogP contribution in [-0.4, -0.2) is 31.0 Å². The minimum Gasteiger partial charge on any atom is -0.496 e. The van der Waals surface area contributed by atoms with Gasteiger partial charge in [-0.15, -0.1) is 0 Å². The molecular formula is C16H15NO4. The number of hydrogen-bond donors (Lipinski definition) is 1. The maximum atomic E-state index is 12.5. The lowest BCUT2D eigenvalue weighted by molar-refractivity contribution is -0.143. The van der Waals surface area contributed by atoms with Crippen molar-refractivity contribution in [3.63, 3.8) is 0 Å². The highest BCUT2D eigenvalue weighted by atomic mass is 16.5. The summed E-state index contributed by atoms with van der Waals surface area (Å²) >= 11 is 0. The number of benzene rings is 1. The lowest BCUT2D eigenvalue weighted by Gasteiger charge is -2.19. The van der Waals surface area contributed by atoms with Gasteiger partial charge >= 0.3 is 5.97 Å². The van der Waals surface area contributed by atoms with E-state index in [0.29, 0.717) is 11.4 Å². The zero-order chi connectivity index (χ0) is 15.0. The Labute approximate surface area is 121 Å². The molecule has 0 spiro atoms. The summed E-state index contributed by atoms with van der Waals surface area (Å²) in [7, 11) is 2.86. The number of hydrogen-bond acceptors (Lipinski definition) is 4. The molecule has 0 saturated heterocycles. The number of rotatable bonds is 3. The molecule has 0 bridgehead atoms. The number of nitrogens with one attached hydrogen (secondary N) is 1. The first kappa shape index (κ1) is 13.4. The van der Waals surface area contributed by atoms with Crippen LogP contribution in [0, 0.1) is 5.92 Å². The number of carbonyl (C=O) groups excluding carboxylic acids is 2. The van der Waals surface area contributed by atoms with Crippen molar-refractivity contribution in [3.05, 3.63) is 53.3 Å². The molecule has 1 aliphatic rings. The van der Waals surface area contributed by atoms with Crippen molar-refractivity contribution in [2.24, 2.45) is 5.92 Å². The quantitative estimate of drug-likeness (QED) is 0.693. The molecule has 3 rings (SSSR count). The SMILES string of the molecule is COC(=O)[C@@H]1C(=O)c2[nH]ccc2[C@H]1c1ccccc1OC. The second-order valence-electron chi connectivity index (χ2n) is 4.89. The Hall–Kier alpha value is -2.56. The van der Waals surface area contributed by atoms with Gasteiger partial charge in [-0.25, -0.2) is 0 Å². The minimum atomic E-state index is -0.867. The number of Topliss-reactive ketones (excluding diaryl/α,β-unsaturated/α-hetero) is 1. The van der Waals surface area contributed by atoms with Gasteiger partial charge in [0.05, 0.1) is 19.9 Å². The van der Waals surface area contributed by atoms with Crippen LogP contribution in [0.5, 0.6) is 5.75 Å². The van der Waals surface area contributed by atoms with Crippen molar-refractivity contribution in [3.8, 4) is 5.75 Å². The average molecular weight is 285 g/mol. The molecule has 1 aromatic carbocycles. The van der Waals surface area contributed by atoms with Gasteiger partial charge in [0.15, 0.2) is 5.78 Å². The Morgan fingerprint density at radius 1 is 1.14 bits per heavy atom. The summed E-state index contributed by atoms with van der Waals surface area (Å²) in [4.78, 5) is 27.5. The summed E-state index contributed by atoms with van der Waals surface area (Å²) in [5.41, 5.74) is 2.09. The third-order valence-corrected chi connectivity index (χ3v) is 3.91. The van der Waals surface area contributed by atoms with Crippen molar-refractivity contribution in [2.45, 2.75) is 5.92 Å². The molecule has 0 amide bonds. The van der Waals surface area contributed by atoms with Crippen LogP contribution in [0.15, 0.2) is 36.5 Å². The Kier molecular flexibility index (Phi) is 3.25. The van der Waals surface area contributed by atoms with E-state index in [4.69, 9.17) is 9.47 Å². The minimum absolute atomic E-state index is 0.238. The first-order valence-corrected chi connectivity index (χ1v) is 6.61. The first-order valence-electron chi connectivity index (χ1n) is 6.61. The van der Waals surface area contributed by atoms with Gasteiger partial charge in [0.25, 0.3) is 0 Å². The third kappa shape index (κ3) is 1.93. The summed E-state index contributed by atoms with van der Waals surface area (Å²) in [6.07, 6.45) is 1.71. The van der Waals surface area contributed by atoms with Crippen LogP contribution in [0.4, 0.5) is 0 Å². The normalized spacial score (nSPS) is 20.2. The topological polar surface area (TPSA) is 68.4 Å². The molecule has 1 heterocycles. The van der Waals surface area contributed by atoms with E-state index in [-0.39, 0.29) is 11.7 Å². The van der Waals surface area contributed by atoms with E-state index in [1.165, 1.54) is 7.11 Å². The zero-order valence-corrected chi connectivity index (χ0v) is 11.8. The van der Waals surface area contributed by atoms with Crippen LogP contribution < -0.4 is 4.74 Å². The zero-order valence-electron chi connectivity index (χ0n) is 11.8. The van der Waals surface area contributed by atoms with Crippen LogP contribution in [0.25, 0.3) is 0 Å². The molecule has 108 valence electrons. The van der Waals surface area contributed by atoms with Crippen LogP contribution in [0.3, 0.4) is 0 Å². The van der Waals surface area contributed by atoms with Crippen LogP contribution >= 0.6 is 0 Å². The van der Waals surface area contributed by atoms with Gasteiger partial charge < -0.3 is 14.5 Å². The fourth-order valence-electron chi connectivity index (χ4n) is 2.98. The smallest absolute Gasteiger partial charge is 0.317 e. The Balaban J connectivity index is 2.17. The molecule has 1 aliphatic carbocycles. The molecule has 2 atom stereocenters. The number of esters is 1. The summed E-state index contributed by atoms with van der Waals surface area (Å²) in [6, 6.07) is 9.23. The second-order valence-corrected chi connectivity index (χ2v) is 4.89. The lowest BCUT2D eigenvalue weighted by atomic mass is 9.85. The molecule has 0 fully saturated rings. The average Bonchev–Trinajstić information content (AvgIpc) is 3.09. The fourth-order valence-corrected chi connectivity index (χ4v) is 2.98. The van der Waals surface area contributed by atoms with Gasteiger partial charge in [-0.05, 0) is 17.7 Å². The molecule has 1 aromatic heterocycles. The monoisotopic (exact) mass is 285 g/mol. The molecule has 0 saturated carbocycles. The highest BCUT2D eigenvalue weighted by Gasteiger charge is 2.47. The summed E-state index contributed by atoms with van der Waals surface area (Å²) in [5.74, 6) is -1.37. The molecule has 5 heteroatoms. The molecule has 0 aliphatic heterocycles. The number of fused-ring (bicyclic) bond motifs is 1. The van der Waals surface area contributed by atoms with E-state index >= 15 is 0 Å². The molecule has 0 radical (unpaired) electrons. The van der Waals surface area contributed by atoms with E-state index in [1.807, 2.05) is 30.3 Å². The predicted molar refractivity (Wildman–Crippen MR) is 75.5 cm³/mol. The maximum Gasteiger partial charge on any atom is 0.317 e. The maximum absolute atomic E-state index is 12.5. The largest absolute Gasteiger partial charge is 0.496 e. The van der Waals surface area contributed by atoms with Gasteiger partial charge in [0.1, 0.15) is 11.7 Å². The molecule has 21 heavy (non-hydrogen) atoms. The number of para-hydroxylation sites is 1. The number of ether oxygens (including phenoxy) is 2. The van der Waals surface area contributed by atoms with Crippen LogP contribution in [-0.2, 0) is 9.53 Å². The number of ketones is 1. The van der Waals surface area contributed by atoms with Crippen molar-refractivity contribution >= 4 is 11.8 Å². The number of aromatic nitrogens is 1. The predicted octanol–water partition coefficient (Wildman–Crippen LogP) is 2.14. The van der Waals surface area contributed by atoms with E-state index < -0.39 is 11.9 Å². The van der Waals surface area contributed by atoms with Crippen molar-refractivity contribution < 1.29 is 19.1 Å². The summed E-state index contributed by atoms with van der Waals surface area (Å²) in [6.45, 7) is 0. The van der Waals surface area contributed by atoms with E-state index in [9.17, 15) is 9.59 Å². The van der Waals surface area contributed by atoms with Crippen LogP contribution in [0.2, 0.25) is 0 Å². The number of methoxy groups -OCH3 is 2. The van der Waals surface area contributed by atoms with E-state index in [0.717, 1.165) is 11.1 Å². The van der Waals surface area contributed by atoms with Gasteiger partial charge in [-0.1, -0.05) is 18.2 Å².